The van der Waals surface area contributed by atoms with Crippen LogP contribution in [0.2, 0.25) is 0 Å². The van der Waals surface area contributed by atoms with Crippen LogP contribution in [0.25, 0.3) is 10.9 Å². The number of aromatic nitrogens is 2. The van der Waals surface area contributed by atoms with Crippen molar-refractivity contribution < 1.29 is 4.92 Å². The lowest BCUT2D eigenvalue weighted by Gasteiger charge is -2.00. The molecule has 0 saturated carbocycles. The number of hydrogen-bond donors (Lipinski definition) is 3. The van der Waals surface area contributed by atoms with Crippen LogP contribution in [0.5, 0.6) is 0 Å². The van der Waals surface area contributed by atoms with Gasteiger partial charge in [-0.1, -0.05) is 0 Å². The predicted octanol–water partition coefficient (Wildman–Crippen LogP) is -0.00430. The summed E-state index contributed by atoms with van der Waals surface area (Å²) in [6, 6.07) is 2.33. The molecule has 1 heterocycles. The fourth-order valence-corrected chi connectivity index (χ4v) is 1.37. The Hall–Kier alpha value is -2.64. The van der Waals surface area contributed by atoms with Crippen LogP contribution in [-0.4, -0.2) is 14.9 Å². The summed E-state index contributed by atoms with van der Waals surface area (Å²) in [5.74, 6) is -0.0641. The van der Waals surface area contributed by atoms with E-state index >= 15 is 0 Å². The van der Waals surface area contributed by atoms with Crippen molar-refractivity contribution in [3.05, 3.63) is 32.6 Å². The number of aromatic amines is 1. The molecule has 2 aromatic rings. The first-order chi connectivity index (χ1) is 7.49. The van der Waals surface area contributed by atoms with Gasteiger partial charge in [-0.15, -0.1) is 0 Å². The summed E-state index contributed by atoms with van der Waals surface area (Å²) in [4.78, 5) is 27.5. The van der Waals surface area contributed by atoms with Gasteiger partial charge in [0.2, 0.25) is 5.95 Å². The van der Waals surface area contributed by atoms with Gasteiger partial charge in [0.15, 0.2) is 0 Å². The quantitative estimate of drug-likeness (QED) is 0.351. The first-order valence-corrected chi connectivity index (χ1v) is 4.22. The molecule has 0 amide bonds. The zero-order chi connectivity index (χ0) is 11.9. The second-order valence-corrected chi connectivity index (χ2v) is 3.14. The Morgan fingerprint density at radius 1 is 1.38 bits per heavy atom. The van der Waals surface area contributed by atoms with Crippen molar-refractivity contribution in [2.45, 2.75) is 0 Å². The number of rotatable bonds is 1. The van der Waals surface area contributed by atoms with E-state index in [1.165, 1.54) is 6.07 Å². The Balaban J connectivity index is 2.90. The van der Waals surface area contributed by atoms with E-state index < -0.39 is 10.5 Å². The third-order valence-electron chi connectivity index (χ3n) is 2.07. The molecule has 0 unspecified atom stereocenters. The molecule has 5 N–H and O–H groups in total. The van der Waals surface area contributed by atoms with Crippen molar-refractivity contribution in [2.24, 2.45) is 0 Å². The largest absolute Gasteiger partial charge is 0.393 e. The zero-order valence-electron chi connectivity index (χ0n) is 7.93. The Kier molecular flexibility index (Phi) is 1.97. The number of hydrogen-bond acceptors (Lipinski definition) is 6. The monoisotopic (exact) mass is 221 g/mol. The molecule has 16 heavy (non-hydrogen) atoms. The van der Waals surface area contributed by atoms with Gasteiger partial charge in [-0.25, -0.2) is 4.98 Å². The minimum Gasteiger partial charge on any atom is -0.393 e. The smallest absolute Gasteiger partial charge is 0.293 e. The molecule has 0 aliphatic carbocycles. The number of nitrogens with one attached hydrogen (secondary N) is 1. The van der Waals surface area contributed by atoms with Gasteiger partial charge in [0.05, 0.1) is 15.8 Å². The summed E-state index contributed by atoms with van der Waals surface area (Å²) in [6.07, 6.45) is 0. The average molecular weight is 221 g/mol. The topological polar surface area (TPSA) is 141 Å². The summed E-state index contributed by atoms with van der Waals surface area (Å²) in [6.45, 7) is 0. The molecular formula is C8H7N5O3. The molecular weight excluding hydrogens is 214 g/mol. The molecule has 1 aromatic carbocycles. The number of nitrogens with zero attached hydrogens (tertiary/aromatic N) is 2. The summed E-state index contributed by atoms with van der Waals surface area (Å²) >= 11 is 0. The molecule has 0 radical (unpaired) electrons. The van der Waals surface area contributed by atoms with E-state index in [9.17, 15) is 14.9 Å². The van der Waals surface area contributed by atoms with Crippen LogP contribution in [0.4, 0.5) is 17.3 Å². The van der Waals surface area contributed by atoms with Crippen LogP contribution in [0.1, 0.15) is 0 Å². The highest BCUT2D eigenvalue weighted by Crippen LogP contribution is 2.24. The van der Waals surface area contributed by atoms with Gasteiger partial charge in [-0.2, -0.15) is 0 Å². The Morgan fingerprint density at radius 3 is 2.69 bits per heavy atom. The van der Waals surface area contributed by atoms with Gasteiger partial charge >= 0.3 is 0 Å². The van der Waals surface area contributed by atoms with Crippen LogP contribution >= 0.6 is 0 Å². The molecule has 0 atom stereocenters. The Morgan fingerprint density at radius 2 is 2.06 bits per heavy atom. The fourth-order valence-electron chi connectivity index (χ4n) is 1.37. The van der Waals surface area contributed by atoms with E-state index in [0.717, 1.165) is 6.07 Å². The van der Waals surface area contributed by atoms with Crippen LogP contribution in [-0.2, 0) is 0 Å². The first-order valence-electron chi connectivity index (χ1n) is 4.22. The van der Waals surface area contributed by atoms with Crippen molar-refractivity contribution in [3.8, 4) is 0 Å². The molecule has 0 aliphatic heterocycles. The van der Waals surface area contributed by atoms with Gasteiger partial charge in [0.25, 0.3) is 11.2 Å². The molecule has 0 fully saturated rings. The lowest BCUT2D eigenvalue weighted by Crippen LogP contribution is -2.12. The van der Waals surface area contributed by atoms with E-state index in [2.05, 4.69) is 9.97 Å². The zero-order valence-corrected chi connectivity index (χ0v) is 7.93. The van der Waals surface area contributed by atoms with Gasteiger partial charge < -0.3 is 11.5 Å². The standard InChI is InChI=1S/C8H7N5O3/c9-4-2-5-3(1-6(4)13(15)16)7(14)12-8(10)11-5/h1-2H,9H2,(H3,10,11,12,14). The van der Waals surface area contributed by atoms with E-state index in [1.807, 2.05) is 0 Å². The van der Waals surface area contributed by atoms with Crippen molar-refractivity contribution in [1.29, 1.82) is 0 Å². The van der Waals surface area contributed by atoms with Crippen molar-refractivity contribution in [3.63, 3.8) is 0 Å². The molecule has 8 heteroatoms. The number of H-pyrrole nitrogens is 1. The third-order valence-corrected chi connectivity index (χ3v) is 2.07. The van der Waals surface area contributed by atoms with E-state index in [-0.39, 0.29) is 28.2 Å². The molecule has 2 rings (SSSR count). The number of benzene rings is 1. The lowest BCUT2D eigenvalue weighted by molar-refractivity contribution is -0.383. The Labute approximate surface area is 88.0 Å². The summed E-state index contributed by atoms with van der Waals surface area (Å²) in [7, 11) is 0. The van der Waals surface area contributed by atoms with Crippen molar-refractivity contribution >= 4 is 28.2 Å². The van der Waals surface area contributed by atoms with Gasteiger partial charge in [-0.3, -0.25) is 19.9 Å². The number of nitro benzene ring substituents is 1. The SMILES string of the molecule is Nc1nc2cc(N)c([N+](=O)[O-])cc2c(=O)[nH]1. The maximum atomic E-state index is 11.4. The summed E-state index contributed by atoms with van der Waals surface area (Å²) in [5.41, 5.74) is 10.1. The second kappa shape index (κ2) is 3.19. The Bertz CT molecular complexity index is 648. The molecule has 0 saturated heterocycles. The number of anilines is 2. The molecule has 1 aromatic heterocycles. The third kappa shape index (κ3) is 1.41. The minimum absolute atomic E-state index is 0.0602. The number of fused-ring (bicyclic) bond motifs is 1. The number of nitro groups is 1. The van der Waals surface area contributed by atoms with Crippen molar-refractivity contribution in [1.82, 2.24) is 9.97 Å². The minimum atomic E-state index is -0.662. The number of nitrogen functional groups attached to an aromatic ring is 2. The lowest BCUT2D eigenvalue weighted by atomic mass is 10.2. The highest BCUT2D eigenvalue weighted by Gasteiger charge is 2.15. The molecule has 0 aliphatic rings. The molecule has 0 bridgehead atoms. The summed E-state index contributed by atoms with van der Waals surface area (Å²) < 4.78 is 0. The van der Waals surface area contributed by atoms with Crippen LogP contribution in [0.3, 0.4) is 0 Å². The molecule has 0 spiro atoms. The average Bonchev–Trinajstić information content (AvgIpc) is 2.15. The van der Waals surface area contributed by atoms with Gasteiger partial charge in [-0.05, 0) is 6.07 Å². The van der Waals surface area contributed by atoms with E-state index in [1.54, 1.807) is 0 Å². The fraction of sp³-hybridized carbons (Fsp3) is 0. The number of nitrogens with two attached hydrogens (primary N) is 2. The highest BCUT2D eigenvalue weighted by molar-refractivity contribution is 5.86. The van der Waals surface area contributed by atoms with Gasteiger partial charge in [0, 0.05) is 6.07 Å². The van der Waals surface area contributed by atoms with E-state index in [0.29, 0.717) is 0 Å². The summed E-state index contributed by atoms with van der Waals surface area (Å²) in [5, 5.41) is 10.7. The van der Waals surface area contributed by atoms with Crippen LogP contribution in [0.15, 0.2) is 16.9 Å². The first kappa shape index (κ1) is 9.90. The van der Waals surface area contributed by atoms with Crippen LogP contribution in [0, 0.1) is 10.1 Å². The van der Waals surface area contributed by atoms with Gasteiger partial charge in [0.1, 0.15) is 5.69 Å². The normalized spacial score (nSPS) is 10.5. The second-order valence-electron chi connectivity index (χ2n) is 3.14. The van der Waals surface area contributed by atoms with Crippen LogP contribution < -0.4 is 17.0 Å². The maximum absolute atomic E-state index is 11.4. The van der Waals surface area contributed by atoms with Crippen molar-refractivity contribution in [2.75, 3.05) is 11.5 Å². The highest BCUT2D eigenvalue weighted by atomic mass is 16.6. The van der Waals surface area contributed by atoms with E-state index in [4.69, 9.17) is 11.5 Å². The maximum Gasteiger partial charge on any atom is 0.293 e. The predicted molar refractivity (Wildman–Crippen MR) is 57.8 cm³/mol. The molecule has 82 valence electrons. The molecule has 8 nitrogen and oxygen atoms in total.